The van der Waals surface area contributed by atoms with Crippen LogP contribution in [0, 0.1) is 0 Å². The van der Waals surface area contributed by atoms with Crippen molar-refractivity contribution in [2.75, 3.05) is 18.8 Å². The van der Waals surface area contributed by atoms with Crippen molar-refractivity contribution in [3.05, 3.63) is 18.6 Å². The molecule has 0 aliphatic rings. The summed E-state index contributed by atoms with van der Waals surface area (Å²) in [4.78, 5) is 0. The van der Waals surface area contributed by atoms with Crippen LogP contribution in [0.1, 0.15) is 12.8 Å². The van der Waals surface area contributed by atoms with Gasteiger partial charge in [0.1, 0.15) is 0 Å². The molecule has 8 N–H and O–H groups in total. The molecule has 0 aliphatic carbocycles. The molecule has 0 aromatic carbocycles. The first-order chi connectivity index (χ1) is 10.7. The van der Waals surface area contributed by atoms with Crippen molar-refractivity contribution < 1.29 is 16.0 Å². The van der Waals surface area contributed by atoms with Crippen LogP contribution in [0.4, 0.5) is 17.5 Å². The molecule has 2 heterocycles. The highest BCUT2D eigenvalue weighted by atomic mass is 15.3. The first kappa shape index (κ1) is 16.1. The Morgan fingerprint density at radius 3 is 2.68 bits per heavy atom. The molecular weight excluding hydrogens is 282 g/mol. The fourth-order valence-electron chi connectivity index (χ4n) is 2.10. The van der Waals surface area contributed by atoms with Gasteiger partial charge in [0.2, 0.25) is 0 Å². The lowest BCUT2D eigenvalue weighted by Crippen LogP contribution is -2.51. The SMILES string of the molecule is Cn1ncc(N=Nc2n(CCC[NH3+])cc[n+]2CCC[NH3+])c1N. The van der Waals surface area contributed by atoms with Crippen molar-refractivity contribution in [3.63, 3.8) is 0 Å². The molecule has 120 valence electrons. The van der Waals surface area contributed by atoms with E-state index in [4.69, 9.17) is 5.73 Å². The zero-order chi connectivity index (χ0) is 15.9. The van der Waals surface area contributed by atoms with Gasteiger partial charge in [0.15, 0.2) is 11.5 Å². The van der Waals surface area contributed by atoms with Crippen LogP contribution in [0.2, 0.25) is 0 Å². The molecule has 0 amide bonds. The average molecular weight is 308 g/mol. The number of azo groups is 1. The van der Waals surface area contributed by atoms with E-state index >= 15 is 0 Å². The van der Waals surface area contributed by atoms with E-state index in [9.17, 15) is 0 Å². The molecule has 0 saturated carbocycles. The van der Waals surface area contributed by atoms with Crippen LogP contribution in [-0.4, -0.2) is 27.4 Å². The molecule has 0 fully saturated rings. The molecule has 9 heteroatoms. The summed E-state index contributed by atoms with van der Waals surface area (Å²) in [5, 5.41) is 12.7. The minimum atomic E-state index is 0.504. The molecule has 0 saturated heterocycles. The van der Waals surface area contributed by atoms with Gasteiger partial charge >= 0.3 is 5.95 Å². The molecule has 2 rings (SSSR count). The van der Waals surface area contributed by atoms with Gasteiger partial charge < -0.3 is 17.2 Å². The average Bonchev–Trinajstić information content (AvgIpc) is 3.05. The quantitative estimate of drug-likeness (QED) is 0.416. The maximum absolute atomic E-state index is 5.90. The lowest BCUT2D eigenvalue weighted by Gasteiger charge is -1.98. The molecule has 0 atom stereocenters. The third-order valence-electron chi connectivity index (χ3n) is 3.45. The molecule has 0 bridgehead atoms. The summed E-state index contributed by atoms with van der Waals surface area (Å²) in [5.41, 5.74) is 14.2. The van der Waals surface area contributed by atoms with Gasteiger partial charge in [0, 0.05) is 25.0 Å². The number of anilines is 1. The normalized spacial score (nSPS) is 11.6. The van der Waals surface area contributed by atoms with E-state index in [1.54, 1.807) is 17.9 Å². The predicted molar refractivity (Wildman–Crippen MR) is 81.2 cm³/mol. The first-order valence-electron chi connectivity index (χ1n) is 7.53. The number of imidazole rings is 1. The number of nitrogens with zero attached hydrogens (tertiary/aromatic N) is 6. The van der Waals surface area contributed by atoms with E-state index in [-0.39, 0.29) is 0 Å². The van der Waals surface area contributed by atoms with Gasteiger partial charge in [-0.15, -0.1) is 0 Å². The smallest absolute Gasteiger partial charge is 0.382 e. The summed E-state index contributed by atoms with van der Waals surface area (Å²) in [6.07, 6.45) is 7.67. The molecule has 0 aliphatic heterocycles. The minimum Gasteiger partial charge on any atom is -0.382 e. The first-order valence-corrected chi connectivity index (χ1v) is 7.53. The summed E-state index contributed by atoms with van der Waals surface area (Å²) in [6, 6.07) is 0. The van der Waals surface area contributed by atoms with Crippen LogP contribution >= 0.6 is 0 Å². The van der Waals surface area contributed by atoms with Gasteiger partial charge in [-0.05, 0) is 0 Å². The molecule has 0 spiro atoms. The van der Waals surface area contributed by atoms with Crippen LogP contribution in [0.25, 0.3) is 0 Å². The van der Waals surface area contributed by atoms with Crippen LogP contribution in [0.5, 0.6) is 0 Å². The Morgan fingerprint density at radius 2 is 2.05 bits per heavy atom. The van der Waals surface area contributed by atoms with Crippen molar-refractivity contribution >= 4 is 17.5 Å². The lowest BCUT2D eigenvalue weighted by molar-refractivity contribution is -0.686. The fraction of sp³-hybridized carbons (Fsp3) is 0.538. The third kappa shape index (κ3) is 3.68. The Balaban J connectivity index is 2.25. The minimum absolute atomic E-state index is 0.504. The number of quaternary nitrogens is 2. The van der Waals surface area contributed by atoms with E-state index in [1.165, 1.54) is 0 Å². The van der Waals surface area contributed by atoms with Crippen molar-refractivity contribution in [2.45, 2.75) is 25.9 Å². The predicted octanol–water partition coefficient (Wildman–Crippen LogP) is -1.23. The largest absolute Gasteiger partial charge is 0.421 e. The van der Waals surface area contributed by atoms with Crippen LogP contribution in [-0.2, 0) is 20.1 Å². The molecule has 0 radical (unpaired) electrons. The highest BCUT2D eigenvalue weighted by Crippen LogP contribution is 2.22. The van der Waals surface area contributed by atoms with E-state index in [2.05, 4.69) is 35.9 Å². The zero-order valence-electron chi connectivity index (χ0n) is 13.1. The van der Waals surface area contributed by atoms with Crippen LogP contribution in [0.15, 0.2) is 28.8 Å². The summed E-state index contributed by atoms with van der Waals surface area (Å²) >= 11 is 0. The van der Waals surface area contributed by atoms with Crippen molar-refractivity contribution in [1.29, 1.82) is 0 Å². The number of hydrogen-bond donors (Lipinski definition) is 3. The summed E-state index contributed by atoms with van der Waals surface area (Å²) in [5.74, 6) is 1.31. The number of aromatic nitrogens is 4. The summed E-state index contributed by atoms with van der Waals surface area (Å²) in [7, 11) is 1.78. The molecule has 2 aromatic heterocycles. The number of nitrogens with two attached hydrogens (primary N) is 1. The monoisotopic (exact) mass is 308 g/mol. The second kappa shape index (κ2) is 7.66. The number of aryl methyl sites for hydroxylation is 3. The van der Waals surface area contributed by atoms with Crippen LogP contribution < -0.4 is 21.8 Å². The standard InChI is InChI=1S/C13H23N9/c1-20-12(16)11(10-17-20)18-19-13-21(6-2-4-14)8-9-22(13)7-3-5-15/h8-10,16H,2-7,14-15H2,1H3/p+3. The van der Waals surface area contributed by atoms with E-state index < -0.39 is 0 Å². The second-order valence-electron chi connectivity index (χ2n) is 5.14. The summed E-state index contributed by atoms with van der Waals surface area (Å²) in [6.45, 7) is 3.53. The number of nitrogen functional groups attached to an aromatic ring is 1. The molecule has 0 unspecified atom stereocenters. The lowest BCUT2D eigenvalue weighted by atomic mass is 10.4. The van der Waals surface area contributed by atoms with Crippen molar-refractivity contribution in [2.24, 2.45) is 17.3 Å². The number of rotatable bonds is 8. The zero-order valence-corrected chi connectivity index (χ0v) is 13.1. The number of hydrogen-bond acceptors (Lipinski definition) is 4. The Morgan fingerprint density at radius 1 is 1.27 bits per heavy atom. The Labute approximate surface area is 129 Å². The second-order valence-corrected chi connectivity index (χ2v) is 5.14. The van der Waals surface area contributed by atoms with Gasteiger partial charge in [-0.25, -0.2) is 9.13 Å². The third-order valence-corrected chi connectivity index (χ3v) is 3.45. The molecule has 9 nitrogen and oxygen atoms in total. The molecular formula is C13H26N9+3. The highest BCUT2D eigenvalue weighted by Gasteiger charge is 2.17. The topological polar surface area (TPSA) is 133 Å². The van der Waals surface area contributed by atoms with Crippen LogP contribution in [0.3, 0.4) is 0 Å². The van der Waals surface area contributed by atoms with Gasteiger partial charge in [-0.1, -0.05) is 5.11 Å². The maximum Gasteiger partial charge on any atom is 0.421 e. The van der Waals surface area contributed by atoms with Gasteiger partial charge in [0.25, 0.3) is 0 Å². The summed E-state index contributed by atoms with van der Waals surface area (Å²) < 4.78 is 5.75. The Bertz CT molecular complexity index is 600. The molecule has 22 heavy (non-hydrogen) atoms. The van der Waals surface area contributed by atoms with Gasteiger partial charge in [0.05, 0.1) is 44.8 Å². The highest BCUT2D eigenvalue weighted by molar-refractivity contribution is 5.55. The van der Waals surface area contributed by atoms with Gasteiger partial charge in [-0.3, -0.25) is 4.68 Å². The van der Waals surface area contributed by atoms with Gasteiger partial charge in [-0.2, -0.15) is 5.10 Å². The maximum atomic E-state index is 5.90. The van der Waals surface area contributed by atoms with Crippen molar-refractivity contribution in [1.82, 2.24) is 14.3 Å². The fourth-order valence-corrected chi connectivity index (χ4v) is 2.10. The molecule has 2 aromatic rings. The van der Waals surface area contributed by atoms with E-state index in [0.717, 1.165) is 45.0 Å². The van der Waals surface area contributed by atoms with E-state index in [1.807, 2.05) is 12.4 Å². The Kier molecular flexibility index (Phi) is 5.61. The van der Waals surface area contributed by atoms with Crippen molar-refractivity contribution in [3.8, 4) is 0 Å². The Hall–Kier alpha value is -2.26. The van der Waals surface area contributed by atoms with E-state index in [0.29, 0.717) is 11.5 Å².